The predicted molar refractivity (Wildman–Crippen MR) is 48.6 cm³/mol. The number of carbonyl (C=O) groups is 1. The van der Waals surface area contributed by atoms with Crippen molar-refractivity contribution in [3.05, 3.63) is 11.1 Å². The zero-order chi connectivity index (χ0) is 9.90. The number of sulfone groups is 1. The summed E-state index contributed by atoms with van der Waals surface area (Å²) >= 11 is 0.976. The first-order valence-electron chi connectivity index (χ1n) is 3.47. The largest absolute Gasteiger partial charge is 0.293 e. The maximum Gasteiger partial charge on any atom is 0.177 e. The van der Waals surface area contributed by atoms with Crippen LogP contribution < -0.4 is 0 Å². The lowest BCUT2D eigenvalue weighted by Crippen LogP contribution is -2.08. The number of aromatic nitrogens is 2. The second-order valence-corrected chi connectivity index (χ2v) is 5.63. The molecule has 1 aromatic rings. The van der Waals surface area contributed by atoms with Gasteiger partial charge in [0.1, 0.15) is 14.7 Å². The molecule has 0 saturated carbocycles. The fourth-order valence-electron chi connectivity index (χ4n) is 0.691. The number of carbonyl (C=O) groups excluding carboxylic acids is 1. The molecular weight excluding hydrogens is 212 g/mol. The number of hydrogen-bond donors (Lipinski definition) is 0. The van der Waals surface area contributed by atoms with Crippen LogP contribution in [0, 0.1) is 0 Å². The molecular formula is C6H8N2O3S2. The van der Waals surface area contributed by atoms with Crippen molar-refractivity contribution in [3.63, 3.8) is 0 Å². The van der Waals surface area contributed by atoms with E-state index < -0.39 is 9.84 Å². The van der Waals surface area contributed by atoms with Crippen LogP contribution in [0.1, 0.15) is 16.1 Å². The van der Waals surface area contributed by atoms with E-state index in [4.69, 9.17) is 0 Å². The van der Waals surface area contributed by atoms with Gasteiger partial charge in [-0.1, -0.05) is 4.49 Å². The zero-order valence-corrected chi connectivity index (χ0v) is 8.56. The molecule has 1 aromatic heterocycles. The summed E-state index contributed by atoms with van der Waals surface area (Å²) in [6, 6.07) is 0. The van der Waals surface area contributed by atoms with E-state index >= 15 is 0 Å². The third kappa shape index (κ3) is 3.60. The highest BCUT2D eigenvalue weighted by Gasteiger charge is 2.11. The Morgan fingerprint density at radius 2 is 2.31 bits per heavy atom. The molecule has 0 N–H and O–H groups in total. The van der Waals surface area contributed by atoms with Gasteiger partial charge in [-0.2, -0.15) is 0 Å². The molecule has 72 valence electrons. The van der Waals surface area contributed by atoms with Crippen molar-refractivity contribution < 1.29 is 13.2 Å². The summed E-state index contributed by atoms with van der Waals surface area (Å²) < 4.78 is 25.0. The maximum absolute atomic E-state index is 11.2. The molecule has 0 atom stereocenters. The molecule has 0 amide bonds. The fraction of sp³-hybridized carbons (Fsp3) is 0.500. The Bertz CT molecular complexity index is 382. The summed E-state index contributed by atoms with van der Waals surface area (Å²) in [6.07, 6.45) is 2.45. The number of ketones is 1. The summed E-state index contributed by atoms with van der Waals surface area (Å²) in [4.78, 5) is 11.6. The molecule has 0 aliphatic rings. The van der Waals surface area contributed by atoms with Crippen LogP contribution in [0.3, 0.4) is 0 Å². The smallest absolute Gasteiger partial charge is 0.177 e. The van der Waals surface area contributed by atoms with Crippen LogP contribution in [0.15, 0.2) is 6.20 Å². The van der Waals surface area contributed by atoms with Gasteiger partial charge in [0.15, 0.2) is 5.78 Å². The van der Waals surface area contributed by atoms with Crippen molar-refractivity contribution in [1.29, 1.82) is 0 Å². The minimum atomic E-state index is -3.07. The topological polar surface area (TPSA) is 77.0 Å². The van der Waals surface area contributed by atoms with Crippen molar-refractivity contribution >= 4 is 27.2 Å². The minimum Gasteiger partial charge on any atom is -0.293 e. The standard InChI is InChI=1S/C6H8N2O3S2/c1-13(10,11)3-2-5(9)6-4-7-8-12-6/h4H,2-3H2,1H3. The Balaban J connectivity index is 2.53. The van der Waals surface area contributed by atoms with Gasteiger partial charge in [-0.05, 0) is 11.5 Å². The van der Waals surface area contributed by atoms with Crippen LogP contribution in [0.2, 0.25) is 0 Å². The maximum atomic E-state index is 11.2. The van der Waals surface area contributed by atoms with Gasteiger partial charge in [0, 0.05) is 12.7 Å². The SMILES string of the molecule is CS(=O)(=O)CCC(=O)c1cnns1. The van der Waals surface area contributed by atoms with Crippen LogP contribution in [-0.4, -0.2) is 35.8 Å². The summed E-state index contributed by atoms with van der Waals surface area (Å²) in [5, 5.41) is 3.49. The first kappa shape index (κ1) is 10.3. The lowest BCUT2D eigenvalue weighted by Gasteiger charge is -1.94. The zero-order valence-electron chi connectivity index (χ0n) is 6.93. The summed E-state index contributed by atoms with van der Waals surface area (Å²) in [5.41, 5.74) is 0. The van der Waals surface area contributed by atoms with E-state index in [9.17, 15) is 13.2 Å². The average molecular weight is 220 g/mol. The van der Waals surface area contributed by atoms with Gasteiger partial charge >= 0.3 is 0 Å². The monoisotopic (exact) mass is 220 g/mol. The van der Waals surface area contributed by atoms with Gasteiger partial charge in [0.25, 0.3) is 0 Å². The Labute approximate surface area is 79.9 Å². The van der Waals surface area contributed by atoms with Crippen LogP contribution in [-0.2, 0) is 9.84 Å². The van der Waals surface area contributed by atoms with E-state index in [2.05, 4.69) is 9.59 Å². The minimum absolute atomic E-state index is 0.00269. The second-order valence-electron chi connectivity index (χ2n) is 2.58. The molecule has 0 fully saturated rings. The quantitative estimate of drug-likeness (QED) is 0.675. The van der Waals surface area contributed by atoms with Crippen molar-refractivity contribution in [1.82, 2.24) is 9.59 Å². The summed E-state index contributed by atoms with van der Waals surface area (Å²) in [7, 11) is -3.07. The molecule has 0 aromatic carbocycles. The van der Waals surface area contributed by atoms with E-state index in [0.717, 1.165) is 17.8 Å². The lowest BCUT2D eigenvalue weighted by atomic mass is 10.3. The van der Waals surface area contributed by atoms with E-state index in [0.29, 0.717) is 4.88 Å². The first-order chi connectivity index (χ1) is 5.99. The third-order valence-corrected chi connectivity index (χ3v) is 2.99. The second kappa shape index (κ2) is 3.93. The molecule has 5 nitrogen and oxygen atoms in total. The highest BCUT2D eigenvalue weighted by molar-refractivity contribution is 7.90. The lowest BCUT2D eigenvalue weighted by molar-refractivity contribution is 0.0992. The van der Waals surface area contributed by atoms with E-state index in [1.807, 2.05) is 0 Å². The molecule has 0 aliphatic carbocycles. The Kier molecular flexibility index (Phi) is 3.10. The number of hydrogen-bond acceptors (Lipinski definition) is 6. The molecule has 7 heteroatoms. The third-order valence-electron chi connectivity index (χ3n) is 1.34. The molecule has 1 heterocycles. The van der Waals surface area contributed by atoms with E-state index in [1.165, 1.54) is 6.20 Å². The highest BCUT2D eigenvalue weighted by Crippen LogP contribution is 2.06. The summed E-state index contributed by atoms with van der Waals surface area (Å²) in [6.45, 7) is 0. The van der Waals surface area contributed by atoms with Crippen LogP contribution in [0.4, 0.5) is 0 Å². The summed E-state index contributed by atoms with van der Waals surface area (Å²) in [5.74, 6) is -0.343. The number of rotatable bonds is 4. The Morgan fingerprint density at radius 3 is 2.77 bits per heavy atom. The van der Waals surface area contributed by atoms with Crippen molar-refractivity contribution in [2.75, 3.05) is 12.0 Å². The first-order valence-corrected chi connectivity index (χ1v) is 6.31. The Morgan fingerprint density at radius 1 is 1.62 bits per heavy atom. The number of nitrogens with zero attached hydrogens (tertiary/aromatic N) is 2. The normalized spacial score (nSPS) is 11.5. The fourth-order valence-corrected chi connectivity index (χ4v) is 1.73. The van der Waals surface area contributed by atoms with Gasteiger partial charge in [-0.3, -0.25) is 4.79 Å². The van der Waals surface area contributed by atoms with Gasteiger partial charge in [0.05, 0.1) is 11.9 Å². The van der Waals surface area contributed by atoms with Crippen LogP contribution in [0.25, 0.3) is 0 Å². The average Bonchev–Trinajstić information content (AvgIpc) is 2.50. The van der Waals surface area contributed by atoms with Crippen LogP contribution >= 0.6 is 11.5 Å². The van der Waals surface area contributed by atoms with E-state index in [1.54, 1.807) is 0 Å². The molecule has 0 radical (unpaired) electrons. The predicted octanol–water partition coefficient (Wildman–Crippen LogP) is 0.156. The van der Waals surface area contributed by atoms with Gasteiger partial charge in [-0.25, -0.2) is 8.42 Å². The van der Waals surface area contributed by atoms with Crippen molar-refractivity contribution in [2.24, 2.45) is 0 Å². The van der Waals surface area contributed by atoms with Crippen LogP contribution in [0.5, 0.6) is 0 Å². The van der Waals surface area contributed by atoms with Crippen molar-refractivity contribution in [2.45, 2.75) is 6.42 Å². The van der Waals surface area contributed by atoms with Gasteiger partial charge in [-0.15, -0.1) is 5.10 Å². The van der Waals surface area contributed by atoms with Gasteiger partial charge in [0.2, 0.25) is 0 Å². The molecule has 13 heavy (non-hydrogen) atoms. The van der Waals surface area contributed by atoms with Crippen molar-refractivity contribution in [3.8, 4) is 0 Å². The molecule has 0 spiro atoms. The van der Waals surface area contributed by atoms with E-state index in [-0.39, 0.29) is 18.0 Å². The molecule has 1 rings (SSSR count). The molecule has 0 saturated heterocycles. The molecule has 0 bridgehead atoms. The molecule has 0 aliphatic heterocycles. The molecule has 0 unspecified atom stereocenters. The Hall–Kier alpha value is -0.820. The highest BCUT2D eigenvalue weighted by atomic mass is 32.2. The number of Topliss-reactive ketones (excluding diaryl/α,β-unsaturated/α-hetero) is 1. The van der Waals surface area contributed by atoms with Gasteiger partial charge < -0.3 is 0 Å².